The van der Waals surface area contributed by atoms with Crippen LogP contribution >= 0.6 is 11.3 Å². The van der Waals surface area contributed by atoms with Gasteiger partial charge in [0.1, 0.15) is 17.6 Å². The monoisotopic (exact) mass is 692 g/mol. The van der Waals surface area contributed by atoms with E-state index < -0.39 is 23.7 Å². The lowest BCUT2D eigenvalue weighted by Gasteiger charge is -2.53. The number of benzene rings is 1. The van der Waals surface area contributed by atoms with E-state index in [4.69, 9.17) is 9.26 Å². The van der Waals surface area contributed by atoms with Gasteiger partial charge in [-0.15, -0.1) is 11.3 Å². The predicted molar refractivity (Wildman–Crippen MR) is 186 cm³/mol. The molecule has 1 aromatic carbocycles. The van der Waals surface area contributed by atoms with E-state index in [1.165, 1.54) is 4.90 Å². The summed E-state index contributed by atoms with van der Waals surface area (Å²) in [4.78, 5) is 50.9. The summed E-state index contributed by atoms with van der Waals surface area (Å²) in [6.45, 7) is 14.8. The number of ether oxygens (including phenoxy) is 1. The van der Waals surface area contributed by atoms with Crippen molar-refractivity contribution < 1.29 is 28.8 Å². The summed E-state index contributed by atoms with van der Waals surface area (Å²) in [5.74, 6) is -0.203. The van der Waals surface area contributed by atoms with Gasteiger partial charge in [-0.25, -0.2) is 9.78 Å². The third-order valence-electron chi connectivity index (χ3n) is 9.90. The van der Waals surface area contributed by atoms with Crippen LogP contribution in [0.25, 0.3) is 10.4 Å². The molecular formula is C36H48N6O6S. The van der Waals surface area contributed by atoms with Crippen LogP contribution in [0.2, 0.25) is 0 Å². The maximum absolute atomic E-state index is 14.1. The van der Waals surface area contributed by atoms with Crippen molar-refractivity contribution in [3.05, 3.63) is 52.9 Å². The quantitative estimate of drug-likeness (QED) is 0.335. The topological polar surface area (TPSA) is 141 Å². The molecule has 2 aromatic heterocycles. The fourth-order valence-electron chi connectivity index (χ4n) is 7.19. The van der Waals surface area contributed by atoms with E-state index in [-0.39, 0.29) is 42.2 Å². The number of aliphatic hydroxyl groups is 1. The van der Waals surface area contributed by atoms with E-state index >= 15 is 0 Å². The number of β-amino-alcohol motifs (C(OH)–C–C–N with tert-alkyl or cyclic N) is 1. The standard InChI is InChI=1S/C36H48N6O6S/c1-22(2)30(28-16-29(39-48-28)41-19-36(20-41)11-13-40(14-12-36)34(46)47-35(4,5)6)33(45)42-18-26(43)15-27(42)32(44)37-17-24-7-9-25(10-8-24)31-23(3)38-21-49-31/h7-10,16,21-22,26-27,30,43H,11-15,17-20H2,1-6H3,(H,37,44)/t26-,27+,30-/m1/s1. The zero-order chi connectivity index (χ0) is 35.1. The molecule has 12 nitrogen and oxygen atoms in total. The van der Waals surface area contributed by atoms with Gasteiger partial charge in [0.2, 0.25) is 11.8 Å². The molecule has 3 amide bonds. The SMILES string of the molecule is Cc1ncsc1-c1ccc(CNC(=O)[C@@H]2C[C@@H](O)CN2C(=O)[C@@H](c2cc(N3CC4(CCN(C(=O)OC(C)(C)C)CC4)C3)no2)C(C)C)cc1. The van der Waals surface area contributed by atoms with Gasteiger partial charge in [-0.2, -0.15) is 0 Å². The highest BCUT2D eigenvalue weighted by atomic mass is 32.1. The van der Waals surface area contributed by atoms with Crippen LogP contribution in [0.1, 0.15) is 76.8 Å². The molecule has 3 aliphatic rings. The van der Waals surface area contributed by atoms with Crippen molar-refractivity contribution in [2.24, 2.45) is 11.3 Å². The minimum Gasteiger partial charge on any atom is -0.444 e. The Morgan fingerprint density at radius 2 is 1.84 bits per heavy atom. The van der Waals surface area contributed by atoms with Crippen LogP contribution in [-0.4, -0.2) is 93.4 Å². The molecule has 2 N–H and O–H groups in total. The number of piperidine rings is 1. The second-order valence-electron chi connectivity index (χ2n) is 15.2. The number of hydrogen-bond donors (Lipinski definition) is 2. The van der Waals surface area contributed by atoms with Crippen LogP contribution in [-0.2, 0) is 20.9 Å². The minimum atomic E-state index is -0.793. The average Bonchev–Trinajstić information content (AvgIpc) is 3.78. The lowest BCUT2D eigenvalue weighted by molar-refractivity contribution is -0.141. The average molecular weight is 693 g/mol. The van der Waals surface area contributed by atoms with E-state index in [1.54, 1.807) is 16.2 Å². The number of hydrogen-bond acceptors (Lipinski definition) is 10. The smallest absolute Gasteiger partial charge is 0.410 e. The number of rotatable bonds is 8. The number of carbonyl (C=O) groups excluding carboxylic acids is 3. The van der Waals surface area contributed by atoms with E-state index in [0.29, 0.717) is 31.2 Å². The van der Waals surface area contributed by atoms with Crippen LogP contribution in [0, 0.1) is 18.3 Å². The molecule has 0 aliphatic carbocycles. The van der Waals surface area contributed by atoms with E-state index in [9.17, 15) is 19.5 Å². The maximum atomic E-state index is 14.1. The Kier molecular flexibility index (Phi) is 9.78. The molecule has 3 saturated heterocycles. The number of aromatic nitrogens is 2. The predicted octanol–water partition coefficient (Wildman–Crippen LogP) is 4.96. The Bertz CT molecular complexity index is 1650. The summed E-state index contributed by atoms with van der Waals surface area (Å²) in [6.07, 6.45) is 0.897. The Morgan fingerprint density at radius 3 is 2.45 bits per heavy atom. The van der Waals surface area contributed by atoms with Crippen molar-refractivity contribution in [2.45, 2.75) is 91.0 Å². The third kappa shape index (κ3) is 7.62. The van der Waals surface area contributed by atoms with Gasteiger partial charge in [0.15, 0.2) is 11.6 Å². The molecule has 0 bridgehead atoms. The zero-order valence-corrected chi connectivity index (χ0v) is 30.1. The number of amides is 3. The summed E-state index contributed by atoms with van der Waals surface area (Å²) >= 11 is 1.59. The summed E-state index contributed by atoms with van der Waals surface area (Å²) in [6, 6.07) is 9.04. The molecule has 0 radical (unpaired) electrons. The van der Waals surface area contributed by atoms with Gasteiger partial charge < -0.3 is 34.4 Å². The van der Waals surface area contributed by atoms with Crippen molar-refractivity contribution in [3.8, 4) is 10.4 Å². The summed E-state index contributed by atoms with van der Waals surface area (Å²) in [5, 5.41) is 17.9. The molecule has 49 heavy (non-hydrogen) atoms. The second kappa shape index (κ2) is 13.7. The number of thiazole rings is 1. The molecule has 3 aliphatic heterocycles. The van der Waals surface area contributed by atoms with E-state index in [0.717, 1.165) is 47.6 Å². The number of nitrogens with zero attached hydrogens (tertiary/aromatic N) is 5. The lowest BCUT2D eigenvalue weighted by atomic mass is 9.72. The van der Waals surface area contributed by atoms with Crippen LogP contribution in [0.15, 0.2) is 40.4 Å². The molecule has 3 atom stereocenters. The van der Waals surface area contributed by atoms with Crippen molar-refractivity contribution >= 4 is 35.1 Å². The first-order chi connectivity index (χ1) is 23.2. The summed E-state index contributed by atoms with van der Waals surface area (Å²) < 4.78 is 11.3. The molecule has 0 unspecified atom stereocenters. The number of nitrogens with one attached hydrogen (secondary N) is 1. The molecule has 13 heteroatoms. The van der Waals surface area contributed by atoms with E-state index in [1.807, 2.05) is 77.4 Å². The molecule has 6 rings (SSSR count). The second-order valence-corrected chi connectivity index (χ2v) is 16.1. The summed E-state index contributed by atoms with van der Waals surface area (Å²) in [7, 11) is 0. The first kappa shape index (κ1) is 34.9. The number of likely N-dealkylation sites (tertiary alicyclic amines) is 2. The Labute approximate surface area is 291 Å². The van der Waals surface area contributed by atoms with Gasteiger partial charge in [0.05, 0.1) is 22.2 Å². The van der Waals surface area contributed by atoms with Gasteiger partial charge in [0.25, 0.3) is 0 Å². The van der Waals surface area contributed by atoms with Gasteiger partial charge in [-0.1, -0.05) is 43.3 Å². The Morgan fingerprint density at radius 1 is 1.14 bits per heavy atom. The Balaban J connectivity index is 1.05. The third-order valence-corrected chi connectivity index (χ3v) is 10.9. The first-order valence-corrected chi connectivity index (χ1v) is 18.0. The van der Waals surface area contributed by atoms with Gasteiger partial charge in [-0.3, -0.25) is 9.59 Å². The van der Waals surface area contributed by atoms with Crippen molar-refractivity contribution in [2.75, 3.05) is 37.6 Å². The van der Waals surface area contributed by atoms with Gasteiger partial charge in [-0.05, 0) is 57.6 Å². The number of aliphatic hydroxyl groups excluding tert-OH is 1. The largest absolute Gasteiger partial charge is 0.444 e. The molecular weight excluding hydrogens is 644 g/mol. The zero-order valence-electron chi connectivity index (χ0n) is 29.3. The van der Waals surface area contributed by atoms with Crippen molar-refractivity contribution in [1.29, 1.82) is 0 Å². The number of carbonyl (C=O) groups is 3. The minimum absolute atomic E-state index is 0.0823. The van der Waals surface area contributed by atoms with Crippen molar-refractivity contribution in [1.82, 2.24) is 25.3 Å². The van der Waals surface area contributed by atoms with Crippen LogP contribution in [0.3, 0.4) is 0 Å². The lowest BCUT2D eigenvalue weighted by Crippen LogP contribution is -2.61. The molecule has 0 saturated carbocycles. The molecule has 5 heterocycles. The normalized spacial score (nSPS) is 21.2. The fourth-order valence-corrected chi connectivity index (χ4v) is 8.00. The Hall–Kier alpha value is -3.97. The van der Waals surface area contributed by atoms with Crippen LogP contribution in [0.4, 0.5) is 10.6 Å². The summed E-state index contributed by atoms with van der Waals surface area (Å²) in [5.41, 5.74) is 4.42. The molecule has 3 fully saturated rings. The van der Waals surface area contributed by atoms with Crippen LogP contribution in [0.5, 0.6) is 0 Å². The fraction of sp³-hybridized carbons (Fsp3) is 0.583. The number of aryl methyl sites for hydroxylation is 1. The first-order valence-electron chi connectivity index (χ1n) is 17.2. The highest BCUT2D eigenvalue weighted by Gasteiger charge is 2.48. The number of anilines is 1. The van der Waals surface area contributed by atoms with Crippen molar-refractivity contribution in [3.63, 3.8) is 0 Å². The highest BCUT2D eigenvalue weighted by molar-refractivity contribution is 7.13. The molecule has 264 valence electrons. The van der Waals surface area contributed by atoms with Gasteiger partial charge >= 0.3 is 6.09 Å². The van der Waals surface area contributed by atoms with Gasteiger partial charge in [0, 0.05) is 57.2 Å². The van der Waals surface area contributed by atoms with Crippen LogP contribution < -0.4 is 10.2 Å². The highest BCUT2D eigenvalue weighted by Crippen LogP contribution is 2.43. The van der Waals surface area contributed by atoms with E-state index in [2.05, 4.69) is 20.4 Å². The molecule has 1 spiro atoms. The molecule has 3 aromatic rings. The maximum Gasteiger partial charge on any atom is 0.410 e.